The van der Waals surface area contributed by atoms with E-state index in [1.165, 1.54) is 11.1 Å². The Morgan fingerprint density at radius 2 is 0.782 bits per heavy atom. The highest BCUT2D eigenvalue weighted by Gasteiger charge is 2.34. The van der Waals surface area contributed by atoms with Crippen molar-refractivity contribution in [2.45, 2.75) is 39.5 Å². The van der Waals surface area contributed by atoms with Gasteiger partial charge in [-0.3, -0.25) is 0 Å². The summed E-state index contributed by atoms with van der Waals surface area (Å²) in [4.78, 5) is 2.29. The molecule has 0 bridgehead atoms. The topological polar surface area (TPSA) is 58.6 Å². The Kier molecular flexibility index (Phi) is 13.2. The van der Waals surface area contributed by atoms with Crippen molar-refractivity contribution in [2.75, 3.05) is 71.0 Å². The molecule has 0 spiro atoms. The summed E-state index contributed by atoms with van der Waals surface area (Å²) >= 11 is 0. The van der Waals surface area contributed by atoms with E-state index in [9.17, 15) is 0 Å². The largest absolute Gasteiger partial charge is 0.494 e. The molecule has 0 amide bonds. The van der Waals surface area contributed by atoms with Gasteiger partial charge in [0.25, 0.3) is 0 Å². The molecule has 2 saturated heterocycles. The maximum Gasteiger partial charge on any atom is 0.119 e. The number of hydrogen-bond donors (Lipinski definition) is 0. The lowest BCUT2D eigenvalue weighted by atomic mass is 9.90. The summed E-state index contributed by atoms with van der Waals surface area (Å²) in [5.74, 6) is 1.75. The second-order valence-corrected chi connectivity index (χ2v) is 15.6. The molecule has 0 saturated carbocycles. The maximum atomic E-state index is 6.12. The SMILES string of the molecule is CC1(COCCCCOc2ccc(-c3ccc(N(c4ccc(OCCCCOCC5(C)COC5)cc4)c4ccc(-c5ccccc5)cc4)cc3)cc2)COC1. The summed E-state index contributed by atoms with van der Waals surface area (Å²) in [6, 6.07) is 44.8. The number of nitrogens with zero attached hydrogens (tertiary/aromatic N) is 1. The summed E-state index contributed by atoms with van der Waals surface area (Å²) < 4.78 is 34.5. The van der Waals surface area contributed by atoms with Crippen LogP contribution in [0.3, 0.4) is 0 Å². The van der Waals surface area contributed by atoms with Crippen LogP contribution in [0.15, 0.2) is 127 Å². The van der Waals surface area contributed by atoms with Gasteiger partial charge in [0.15, 0.2) is 0 Å². The van der Waals surface area contributed by atoms with Gasteiger partial charge in [-0.2, -0.15) is 0 Å². The smallest absolute Gasteiger partial charge is 0.119 e. The van der Waals surface area contributed by atoms with Crippen molar-refractivity contribution in [1.82, 2.24) is 0 Å². The zero-order valence-corrected chi connectivity index (χ0v) is 32.4. The summed E-state index contributed by atoms with van der Waals surface area (Å²) in [5, 5.41) is 0. The van der Waals surface area contributed by atoms with Gasteiger partial charge in [0.05, 0.1) is 52.9 Å². The standard InChI is InChI=1S/C48H55NO6/c1-47(34-52-35-47)32-50-28-6-8-30-54-45-24-16-41(17-25-45)40-14-20-43(21-15-40)49(42-18-12-39(13-19-42)38-10-4-3-5-11-38)44-22-26-46(27-23-44)55-31-9-7-29-51-33-48(2)36-53-37-48/h3-5,10-27H,6-9,28-37H2,1-2H3. The Balaban J connectivity index is 0.954. The second-order valence-electron chi connectivity index (χ2n) is 15.6. The van der Waals surface area contributed by atoms with Crippen LogP contribution in [-0.2, 0) is 18.9 Å². The number of hydrogen-bond acceptors (Lipinski definition) is 7. The van der Waals surface area contributed by atoms with E-state index in [4.69, 9.17) is 28.4 Å². The van der Waals surface area contributed by atoms with Crippen LogP contribution in [0, 0.1) is 10.8 Å². The van der Waals surface area contributed by atoms with E-state index < -0.39 is 0 Å². The first-order chi connectivity index (χ1) is 27.0. The predicted molar refractivity (Wildman–Crippen MR) is 221 cm³/mol. The Bertz CT molecular complexity index is 1870. The third kappa shape index (κ3) is 10.8. The van der Waals surface area contributed by atoms with E-state index in [0.717, 1.165) is 118 Å². The Morgan fingerprint density at radius 3 is 1.18 bits per heavy atom. The average Bonchev–Trinajstić information content (AvgIpc) is 3.20. The molecule has 0 aromatic heterocycles. The van der Waals surface area contributed by atoms with Crippen molar-refractivity contribution < 1.29 is 28.4 Å². The highest BCUT2D eigenvalue weighted by atomic mass is 16.5. The maximum absolute atomic E-state index is 6.12. The molecule has 2 aliphatic heterocycles. The van der Waals surface area contributed by atoms with E-state index in [0.29, 0.717) is 13.2 Å². The van der Waals surface area contributed by atoms with Crippen molar-refractivity contribution in [3.63, 3.8) is 0 Å². The molecule has 7 rings (SSSR count). The molecule has 0 aliphatic carbocycles. The van der Waals surface area contributed by atoms with Gasteiger partial charge in [-0.1, -0.05) is 80.6 Å². The molecule has 7 nitrogen and oxygen atoms in total. The fraction of sp³-hybridized carbons (Fsp3) is 0.375. The molecular weight excluding hydrogens is 687 g/mol. The van der Waals surface area contributed by atoms with Gasteiger partial charge >= 0.3 is 0 Å². The van der Waals surface area contributed by atoms with Crippen molar-refractivity contribution in [3.8, 4) is 33.8 Å². The summed E-state index contributed by atoms with van der Waals surface area (Å²) in [5.41, 5.74) is 8.30. The first kappa shape index (κ1) is 38.6. The number of rotatable bonds is 21. The molecule has 0 atom stereocenters. The molecule has 0 unspecified atom stereocenters. The van der Waals surface area contributed by atoms with Crippen LogP contribution in [0.5, 0.6) is 11.5 Å². The van der Waals surface area contributed by atoms with E-state index in [-0.39, 0.29) is 10.8 Å². The Labute approximate surface area is 327 Å². The van der Waals surface area contributed by atoms with E-state index in [1.807, 2.05) is 6.07 Å². The molecule has 288 valence electrons. The van der Waals surface area contributed by atoms with Gasteiger partial charge in [-0.25, -0.2) is 0 Å². The van der Waals surface area contributed by atoms with Crippen LogP contribution >= 0.6 is 0 Å². The van der Waals surface area contributed by atoms with Crippen LogP contribution in [0.1, 0.15) is 39.5 Å². The highest BCUT2D eigenvalue weighted by molar-refractivity contribution is 5.80. The van der Waals surface area contributed by atoms with Crippen molar-refractivity contribution in [3.05, 3.63) is 127 Å². The number of benzene rings is 5. The van der Waals surface area contributed by atoms with Crippen molar-refractivity contribution >= 4 is 17.1 Å². The fourth-order valence-electron chi connectivity index (χ4n) is 6.82. The lowest BCUT2D eigenvalue weighted by Crippen LogP contribution is -2.43. The normalized spacial score (nSPS) is 15.5. The van der Waals surface area contributed by atoms with Crippen LogP contribution in [-0.4, -0.2) is 66.1 Å². The molecule has 5 aromatic carbocycles. The van der Waals surface area contributed by atoms with Gasteiger partial charge in [-0.15, -0.1) is 0 Å². The molecule has 2 aliphatic rings. The zero-order chi connectivity index (χ0) is 37.8. The van der Waals surface area contributed by atoms with Crippen LogP contribution < -0.4 is 14.4 Å². The molecule has 0 radical (unpaired) electrons. The van der Waals surface area contributed by atoms with Crippen molar-refractivity contribution in [2.24, 2.45) is 10.8 Å². The zero-order valence-electron chi connectivity index (χ0n) is 32.4. The van der Waals surface area contributed by atoms with Crippen LogP contribution in [0.2, 0.25) is 0 Å². The summed E-state index contributed by atoms with van der Waals surface area (Å²) in [6.07, 6.45) is 3.87. The Morgan fingerprint density at radius 1 is 0.436 bits per heavy atom. The molecule has 0 N–H and O–H groups in total. The van der Waals surface area contributed by atoms with Gasteiger partial charge in [0.2, 0.25) is 0 Å². The minimum Gasteiger partial charge on any atom is -0.494 e. The van der Waals surface area contributed by atoms with Crippen molar-refractivity contribution in [1.29, 1.82) is 0 Å². The van der Waals surface area contributed by atoms with Crippen LogP contribution in [0.4, 0.5) is 17.1 Å². The molecular formula is C48H55NO6. The quantitative estimate of drug-likeness (QED) is 0.0694. The third-order valence-corrected chi connectivity index (χ3v) is 10.2. The number of anilines is 3. The van der Waals surface area contributed by atoms with E-state index in [2.05, 4.69) is 140 Å². The summed E-state index contributed by atoms with van der Waals surface area (Å²) in [6.45, 7) is 12.0. The first-order valence-corrected chi connectivity index (χ1v) is 19.8. The first-order valence-electron chi connectivity index (χ1n) is 19.8. The van der Waals surface area contributed by atoms with E-state index in [1.54, 1.807) is 0 Å². The lowest BCUT2D eigenvalue weighted by molar-refractivity contribution is -0.138. The highest BCUT2D eigenvalue weighted by Crippen LogP contribution is 2.38. The van der Waals surface area contributed by atoms with Gasteiger partial charge in [-0.05, 0) is 109 Å². The molecule has 5 aromatic rings. The number of unbranched alkanes of at least 4 members (excludes halogenated alkanes) is 2. The van der Waals surface area contributed by atoms with Gasteiger partial charge in [0, 0.05) is 41.1 Å². The molecule has 2 heterocycles. The minimum absolute atomic E-state index is 0.196. The second kappa shape index (κ2) is 18.8. The minimum atomic E-state index is 0.196. The Hall–Kier alpha value is -4.66. The lowest BCUT2D eigenvalue weighted by Gasteiger charge is -2.37. The monoisotopic (exact) mass is 741 g/mol. The summed E-state index contributed by atoms with van der Waals surface area (Å²) in [7, 11) is 0. The third-order valence-electron chi connectivity index (χ3n) is 10.2. The predicted octanol–water partition coefficient (Wildman–Crippen LogP) is 10.9. The van der Waals surface area contributed by atoms with Gasteiger partial charge in [0.1, 0.15) is 11.5 Å². The van der Waals surface area contributed by atoms with Crippen LogP contribution in [0.25, 0.3) is 22.3 Å². The number of ether oxygens (including phenoxy) is 6. The molecule has 7 heteroatoms. The average molecular weight is 742 g/mol. The molecule has 55 heavy (non-hydrogen) atoms. The fourth-order valence-corrected chi connectivity index (χ4v) is 6.82. The van der Waals surface area contributed by atoms with Gasteiger partial charge < -0.3 is 33.3 Å². The molecule has 2 fully saturated rings. The van der Waals surface area contributed by atoms with E-state index >= 15 is 0 Å².